The minimum Gasteiger partial charge on any atom is -0.478 e. The maximum atomic E-state index is 11.0. The van der Waals surface area contributed by atoms with Gasteiger partial charge in [-0.25, -0.2) is 9.59 Å². The molecule has 0 spiro atoms. The maximum absolute atomic E-state index is 11.0. The van der Waals surface area contributed by atoms with Gasteiger partial charge in [-0.2, -0.15) is 0 Å². The molecule has 100 valence electrons. The van der Waals surface area contributed by atoms with Gasteiger partial charge in [0.05, 0.1) is 5.57 Å². The summed E-state index contributed by atoms with van der Waals surface area (Å²) in [5, 5.41) is 18.0. The molecule has 0 radical (unpaired) electrons. The number of aliphatic carboxylic acids is 2. The van der Waals surface area contributed by atoms with Crippen LogP contribution in [-0.4, -0.2) is 41.1 Å². The number of hydrogen-bond acceptors (Lipinski definition) is 3. The standard InChI is InChI=1S/C11H19NO4.ClH/c1-7(2)5-6-8(10(13)14)9(11(15)16)12(3)4;/h7H,5-6H2,1-4H3,(H,13,14)(H,15,16);1H/b9-8-;. The molecule has 0 aliphatic heterocycles. The van der Waals surface area contributed by atoms with E-state index in [4.69, 9.17) is 10.2 Å². The van der Waals surface area contributed by atoms with E-state index in [2.05, 4.69) is 0 Å². The highest BCUT2D eigenvalue weighted by Gasteiger charge is 2.21. The lowest BCUT2D eigenvalue weighted by Crippen LogP contribution is -2.24. The second kappa shape index (κ2) is 7.95. The van der Waals surface area contributed by atoms with Gasteiger partial charge in [-0.15, -0.1) is 12.4 Å². The van der Waals surface area contributed by atoms with Crippen molar-refractivity contribution < 1.29 is 19.8 Å². The minimum absolute atomic E-state index is 0. The van der Waals surface area contributed by atoms with Gasteiger partial charge < -0.3 is 15.1 Å². The van der Waals surface area contributed by atoms with Gasteiger partial charge in [0.25, 0.3) is 0 Å². The zero-order valence-corrected chi connectivity index (χ0v) is 11.4. The lowest BCUT2D eigenvalue weighted by atomic mass is 10.0. The van der Waals surface area contributed by atoms with E-state index in [1.54, 1.807) is 0 Å². The average molecular weight is 266 g/mol. The van der Waals surface area contributed by atoms with Crippen LogP contribution in [0.25, 0.3) is 0 Å². The van der Waals surface area contributed by atoms with Crippen molar-refractivity contribution in [3.05, 3.63) is 11.3 Å². The normalized spacial score (nSPS) is 11.6. The van der Waals surface area contributed by atoms with Crippen LogP contribution in [0.2, 0.25) is 0 Å². The summed E-state index contributed by atoms with van der Waals surface area (Å²) in [7, 11) is 3.06. The summed E-state index contributed by atoms with van der Waals surface area (Å²) in [6.07, 6.45) is 0.930. The van der Waals surface area contributed by atoms with Crippen LogP contribution in [-0.2, 0) is 9.59 Å². The van der Waals surface area contributed by atoms with E-state index >= 15 is 0 Å². The molecule has 0 aromatic heterocycles. The first-order valence-corrected chi connectivity index (χ1v) is 5.14. The fourth-order valence-electron chi connectivity index (χ4n) is 1.35. The molecular formula is C11H20ClNO4. The summed E-state index contributed by atoms with van der Waals surface area (Å²) < 4.78 is 0. The SMILES string of the molecule is CC(C)CC/C(C(=O)O)=C(\C(=O)O)N(C)C.Cl. The Balaban J connectivity index is 0. The van der Waals surface area contributed by atoms with Crippen molar-refractivity contribution >= 4 is 24.3 Å². The van der Waals surface area contributed by atoms with Crippen molar-refractivity contribution in [3.63, 3.8) is 0 Å². The molecule has 0 heterocycles. The van der Waals surface area contributed by atoms with Crippen LogP contribution in [0.15, 0.2) is 11.3 Å². The molecule has 6 heteroatoms. The summed E-state index contributed by atoms with van der Waals surface area (Å²) in [5.74, 6) is -2.02. The molecule has 0 atom stereocenters. The third-order valence-electron chi connectivity index (χ3n) is 2.17. The van der Waals surface area contributed by atoms with Gasteiger partial charge in [0, 0.05) is 14.1 Å². The van der Waals surface area contributed by atoms with Crippen LogP contribution in [0.3, 0.4) is 0 Å². The van der Waals surface area contributed by atoms with Gasteiger partial charge >= 0.3 is 11.9 Å². The van der Waals surface area contributed by atoms with Crippen LogP contribution in [0.1, 0.15) is 26.7 Å². The molecule has 0 saturated heterocycles. The molecule has 0 aromatic rings. The van der Waals surface area contributed by atoms with E-state index in [0.717, 1.165) is 0 Å². The summed E-state index contributed by atoms with van der Waals surface area (Å²) in [6.45, 7) is 3.94. The average Bonchev–Trinajstić information content (AvgIpc) is 2.09. The molecule has 2 N–H and O–H groups in total. The van der Waals surface area contributed by atoms with Crippen molar-refractivity contribution in [2.45, 2.75) is 26.7 Å². The van der Waals surface area contributed by atoms with Gasteiger partial charge in [-0.1, -0.05) is 13.8 Å². The number of carbonyl (C=O) groups is 2. The van der Waals surface area contributed by atoms with Crippen molar-refractivity contribution in [2.75, 3.05) is 14.1 Å². The number of carboxylic acid groups (broad SMARTS) is 2. The van der Waals surface area contributed by atoms with Crippen LogP contribution in [0.5, 0.6) is 0 Å². The van der Waals surface area contributed by atoms with E-state index in [1.807, 2.05) is 13.8 Å². The van der Waals surface area contributed by atoms with E-state index in [0.29, 0.717) is 12.3 Å². The van der Waals surface area contributed by atoms with Crippen LogP contribution >= 0.6 is 12.4 Å². The first-order valence-electron chi connectivity index (χ1n) is 5.14. The zero-order chi connectivity index (χ0) is 12.9. The summed E-state index contributed by atoms with van der Waals surface area (Å²) in [4.78, 5) is 23.3. The predicted octanol–water partition coefficient (Wildman–Crippen LogP) is 1.83. The molecular weight excluding hydrogens is 246 g/mol. The van der Waals surface area contributed by atoms with Gasteiger partial charge in [0.1, 0.15) is 5.70 Å². The van der Waals surface area contributed by atoms with Crippen molar-refractivity contribution in [1.29, 1.82) is 0 Å². The highest BCUT2D eigenvalue weighted by molar-refractivity contribution is 5.98. The maximum Gasteiger partial charge on any atom is 0.352 e. The second-order valence-electron chi connectivity index (χ2n) is 4.26. The van der Waals surface area contributed by atoms with Gasteiger partial charge in [0.15, 0.2) is 0 Å². The Morgan fingerprint density at radius 2 is 1.59 bits per heavy atom. The Labute approximate surface area is 108 Å². The lowest BCUT2D eigenvalue weighted by molar-refractivity contribution is -0.137. The monoisotopic (exact) mass is 265 g/mol. The van der Waals surface area contributed by atoms with Crippen molar-refractivity contribution in [2.24, 2.45) is 5.92 Å². The molecule has 0 rings (SSSR count). The van der Waals surface area contributed by atoms with Crippen molar-refractivity contribution in [3.8, 4) is 0 Å². The third kappa shape index (κ3) is 6.16. The Bertz CT molecular complexity index is 311. The minimum atomic E-state index is -1.20. The first-order chi connectivity index (χ1) is 7.27. The third-order valence-corrected chi connectivity index (χ3v) is 2.17. The molecule has 0 amide bonds. The molecule has 0 bridgehead atoms. The first kappa shape index (κ1) is 18.1. The fourth-order valence-corrected chi connectivity index (χ4v) is 1.35. The van der Waals surface area contributed by atoms with E-state index in [9.17, 15) is 9.59 Å². The van der Waals surface area contributed by atoms with E-state index < -0.39 is 11.9 Å². The summed E-state index contributed by atoms with van der Waals surface area (Å²) in [5.41, 5.74) is -0.181. The molecule has 0 fully saturated rings. The van der Waals surface area contributed by atoms with Gasteiger partial charge in [0.2, 0.25) is 0 Å². The number of nitrogens with zero attached hydrogens (tertiary/aromatic N) is 1. The van der Waals surface area contributed by atoms with E-state index in [1.165, 1.54) is 19.0 Å². The Morgan fingerprint density at radius 1 is 1.12 bits per heavy atom. The van der Waals surface area contributed by atoms with Crippen molar-refractivity contribution in [1.82, 2.24) is 4.90 Å². The molecule has 0 unspecified atom stereocenters. The fraction of sp³-hybridized carbons (Fsp3) is 0.636. The quantitative estimate of drug-likeness (QED) is 0.717. The topological polar surface area (TPSA) is 77.8 Å². The Hall–Kier alpha value is -1.23. The molecule has 0 aliphatic rings. The predicted molar refractivity (Wildman–Crippen MR) is 67.3 cm³/mol. The Kier molecular flexibility index (Phi) is 8.48. The largest absolute Gasteiger partial charge is 0.478 e. The number of likely N-dealkylation sites (N-methyl/N-ethyl adjacent to an activating group) is 1. The van der Waals surface area contributed by atoms with E-state index in [-0.39, 0.29) is 30.1 Å². The molecule has 0 saturated carbocycles. The lowest BCUT2D eigenvalue weighted by Gasteiger charge is -2.17. The van der Waals surface area contributed by atoms with Crippen LogP contribution in [0.4, 0.5) is 0 Å². The number of carboxylic acids is 2. The van der Waals surface area contributed by atoms with Gasteiger partial charge in [-0.05, 0) is 18.8 Å². The summed E-state index contributed by atoms with van der Waals surface area (Å²) >= 11 is 0. The van der Waals surface area contributed by atoms with Crippen LogP contribution in [0, 0.1) is 5.92 Å². The highest BCUT2D eigenvalue weighted by Crippen LogP contribution is 2.17. The highest BCUT2D eigenvalue weighted by atomic mass is 35.5. The number of hydrogen-bond donors (Lipinski definition) is 2. The molecule has 17 heavy (non-hydrogen) atoms. The smallest absolute Gasteiger partial charge is 0.352 e. The van der Waals surface area contributed by atoms with Gasteiger partial charge in [-0.3, -0.25) is 0 Å². The second-order valence-corrected chi connectivity index (χ2v) is 4.26. The molecule has 5 nitrogen and oxygen atoms in total. The number of halogens is 1. The number of rotatable bonds is 6. The zero-order valence-electron chi connectivity index (χ0n) is 10.6. The molecule has 0 aromatic carbocycles. The van der Waals surface area contributed by atoms with Crippen LogP contribution < -0.4 is 0 Å². The Morgan fingerprint density at radius 3 is 1.82 bits per heavy atom. The molecule has 0 aliphatic carbocycles. The summed E-state index contributed by atoms with van der Waals surface area (Å²) in [6, 6.07) is 0.